The molecule has 4 heterocycles. The number of carbonyl (C=O) groups excluding carboxylic acids is 5. The lowest BCUT2D eigenvalue weighted by Crippen LogP contribution is -2.57. The maximum atomic E-state index is 13.8. The second-order valence-electron chi connectivity index (χ2n) is 13.8. The van der Waals surface area contributed by atoms with E-state index in [-0.39, 0.29) is 19.1 Å². The topological polar surface area (TPSA) is 157 Å². The summed E-state index contributed by atoms with van der Waals surface area (Å²) < 4.78 is 5.82. The van der Waals surface area contributed by atoms with E-state index in [1.54, 1.807) is 13.0 Å². The van der Waals surface area contributed by atoms with E-state index in [1.165, 1.54) is 16.2 Å². The van der Waals surface area contributed by atoms with E-state index in [2.05, 4.69) is 16.0 Å². The molecule has 5 amide bonds. The van der Waals surface area contributed by atoms with Crippen molar-refractivity contribution < 1.29 is 33.8 Å². The van der Waals surface area contributed by atoms with E-state index >= 15 is 0 Å². The molecular weight excluding hydrogens is 671 g/mol. The summed E-state index contributed by atoms with van der Waals surface area (Å²) >= 11 is 1.49. The van der Waals surface area contributed by atoms with E-state index in [0.29, 0.717) is 62.4 Å². The lowest BCUT2D eigenvalue weighted by Gasteiger charge is -2.42. The van der Waals surface area contributed by atoms with Crippen LogP contribution in [0.25, 0.3) is 10.4 Å². The number of aliphatic hydroxyl groups is 1. The number of likely N-dealkylation sites (tertiary alicyclic amines) is 1. The zero-order chi connectivity index (χ0) is 36.1. The van der Waals surface area contributed by atoms with Crippen LogP contribution in [0.4, 0.5) is 0 Å². The predicted molar refractivity (Wildman–Crippen MR) is 192 cm³/mol. The maximum Gasteiger partial charge on any atom is 0.263 e. The molecule has 3 aliphatic rings. The molecule has 0 unspecified atom stereocenters. The van der Waals surface area contributed by atoms with Crippen LogP contribution in [0.2, 0.25) is 0 Å². The fourth-order valence-corrected chi connectivity index (χ4v) is 8.45. The minimum absolute atomic E-state index is 0.0224. The van der Waals surface area contributed by atoms with Crippen molar-refractivity contribution in [2.24, 2.45) is 5.41 Å². The van der Waals surface area contributed by atoms with Gasteiger partial charge in [-0.05, 0) is 86.3 Å². The van der Waals surface area contributed by atoms with Crippen molar-refractivity contribution in [1.29, 1.82) is 0 Å². The first kappa shape index (κ1) is 36.1. The van der Waals surface area contributed by atoms with Gasteiger partial charge in [-0.25, -0.2) is 0 Å². The van der Waals surface area contributed by atoms with E-state index in [9.17, 15) is 29.1 Å². The summed E-state index contributed by atoms with van der Waals surface area (Å²) in [5.74, 6) is -1.48. The molecule has 0 radical (unpaired) electrons. The van der Waals surface area contributed by atoms with Crippen molar-refractivity contribution in [3.8, 4) is 16.2 Å². The number of amides is 5. The van der Waals surface area contributed by atoms with Gasteiger partial charge in [0.2, 0.25) is 17.7 Å². The third-order valence-electron chi connectivity index (χ3n) is 10.2. The highest BCUT2D eigenvalue weighted by Crippen LogP contribution is 2.38. The second-order valence-corrected chi connectivity index (χ2v) is 14.9. The highest BCUT2D eigenvalue weighted by atomic mass is 32.1. The normalized spacial score (nSPS) is 23.2. The Labute approximate surface area is 301 Å². The first-order chi connectivity index (χ1) is 24.6. The molecule has 2 saturated heterocycles. The van der Waals surface area contributed by atoms with Crippen LogP contribution in [0.1, 0.15) is 53.4 Å². The van der Waals surface area contributed by atoms with Crippen molar-refractivity contribution in [1.82, 2.24) is 25.8 Å². The van der Waals surface area contributed by atoms with Gasteiger partial charge in [-0.1, -0.05) is 42.5 Å². The van der Waals surface area contributed by atoms with Gasteiger partial charge in [0, 0.05) is 31.1 Å². The zero-order valence-electron chi connectivity index (χ0n) is 29.0. The van der Waals surface area contributed by atoms with E-state index in [0.717, 1.165) is 21.6 Å². The molecule has 1 spiro atoms. The summed E-state index contributed by atoms with van der Waals surface area (Å²) in [6.07, 6.45) is 2.72. The van der Waals surface area contributed by atoms with Gasteiger partial charge in [0.1, 0.15) is 23.9 Å². The third-order valence-corrected chi connectivity index (χ3v) is 11.4. The fourth-order valence-electron chi connectivity index (χ4n) is 7.30. The van der Waals surface area contributed by atoms with Crippen LogP contribution in [-0.2, 0) is 25.6 Å². The molecule has 0 aliphatic carbocycles. The Morgan fingerprint density at radius 1 is 0.980 bits per heavy atom. The Morgan fingerprint density at radius 2 is 1.75 bits per heavy atom. The molecule has 51 heavy (non-hydrogen) atoms. The summed E-state index contributed by atoms with van der Waals surface area (Å²) in [4.78, 5) is 71.7. The fraction of sp³-hybridized carbons (Fsp3) is 0.447. The number of hydrogen-bond acceptors (Lipinski definition) is 8. The van der Waals surface area contributed by atoms with Gasteiger partial charge >= 0.3 is 0 Å². The first-order valence-electron chi connectivity index (χ1n) is 17.5. The van der Waals surface area contributed by atoms with Crippen LogP contribution < -0.4 is 20.7 Å². The monoisotopic (exact) mass is 715 g/mol. The van der Waals surface area contributed by atoms with Crippen molar-refractivity contribution in [3.05, 3.63) is 76.7 Å². The highest BCUT2D eigenvalue weighted by molar-refractivity contribution is 7.17. The number of aliphatic hydroxyl groups excluding tert-OH is 1. The Hall–Kier alpha value is -4.75. The Morgan fingerprint density at radius 3 is 2.49 bits per heavy atom. The molecule has 3 aliphatic heterocycles. The van der Waals surface area contributed by atoms with Crippen LogP contribution in [0, 0.1) is 12.3 Å². The second kappa shape index (κ2) is 15.6. The standard InChI is InChI=1S/C38H45N5O7S/c1-24-18-31(51-33(24)27-9-4-3-5-10-27)37(49)42-16-13-38(14-17-42)20-26-8-6-11-28(19-26)50-22-32(45)40-25(2)36(48)43-15-7-12-30(43)35(47)41-29(21-44)34(46)39-23-38/h3-6,8-11,18-19,25,29-30,44H,7,12-17,20-23H2,1-2H3,(H,39,46)(H,40,45)(H,41,47)/t25-,29-,30-/m0/s1. The Balaban J connectivity index is 1.22. The number of nitrogens with zero attached hydrogens (tertiary/aromatic N) is 2. The van der Waals surface area contributed by atoms with Gasteiger partial charge in [0.15, 0.2) is 6.61 Å². The SMILES string of the molecule is Cc1cc(C(=O)N2CCC3(CC2)CNC(=O)[C@H](CO)NC(=O)[C@@H]2CCCN2C(=O)[C@H](C)NC(=O)COc2cccc(c2)C3)sc1-c1ccccc1. The van der Waals surface area contributed by atoms with E-state index in [4.69, 9.17) is 4.74 Å². The summed E-state index contributed by atoms with van der Waals surface area (Å²) in [5, 5.41) is 18.5. The van der Waals surface area contributed by atoms with Crippen molar-refractivity contribution >= 4 is 40.9 Å². The molecule has 12 nitrogen and oxygen atoms in total. The van der Waals surface area contributed by atoms with Gasteiger partial charge in [-0.15, -0.1) is 11.3 Å². The Bertz CT molecular complexity index is 1770. The lowest BCUT2D eigenvalue weighted by atomic mass is 9.73. The summed E-state index contributed by atoms with van der Waals surface area (Å²) in [6.45, 7) is 4.19. The number of rotatable bonds is 3. The van der Waals surface area contributed by atoms with Gasteiger partial charge < -0.3 is 35.6 Å². The van der Waals surface area contributed by atoms with Gasteiger partial charge in [-0.2, -0.15) is 0 Å². The molecule has 4 N–H and O–H groups in total. The number of nitrogens with one attached hydrogen (secondary N) is 3. The molecule has 270 valence electrons. The molecule has 1 aromatic heterocycles. The maximum absolute atomic E-state index is 13.8. The lowest BCUT2D eigenvalue weighted by molar-refractivity contribution is -0.142. The Kier molecular flexibility index (Phi) is 11.1. The third kappa shape index (κ3) is 8.26. The van der Waals surface area contributed by atoms with Crippen LogP contribution in [0.5, 0.6) is 5.75 Å². The molecular formula is C38H45N5O7S. The molecule has 3 aromatic rings. The smallest absolute Gasteiger partial charge is 0.263 e. The molecule has 3 atom stereocenters. The van der Waals surface area contributed by atoms with Crippen molar-refractivity contribution in [2.75, 3.05) is 39.4 Å². The molecule has 2 aromatic carbocycles. The quantitative estimate of drug-likeness (QED) is 0.325. The number of fused-ring (bicyclic) bond motifs is 3. The number of ether oxygens (including phenoxy) is 1. The van der Waals surface area contributed by atoms with Crippen molar-refractivity contribution in [2.45, 2.75) is 64.1 Å². The number of benzene rings is 2. The molecule has 2 fully saturated rings. The molecule has 13 heteroatoms. The minimum atomic E-state index is -1.22. The van der Waals surface area contributed by atoms with Gasteiger partial charge in [-0.3, -0.25) is 24.0 Å². The number of aryl methyl sites for hydroxylation is 1. The minimum Gasteiger partial charge on any atom is -0.484 e. The van der Waals surface area contributed by atoms with Crippen LogP contribution in [0.15, 0.2) is 60.7 Å². The molecule has 6 rings (SSSR count). The average Bonchev–Trinajstić information content (AvgIpc) is 3.79. The first-order valence-corrected chi connectivity index (χ1v) is 18.3. The average molecular weight is 716 g/mol. The summed E-state index contributed by atoms with van der Waals surface area (Å²) in [7, 11) is 0. The number of carbonyl (C=O) groups is 5. The highest BCUT2D eigenvalue weighted by Gasteiger charge is 2.40. The van der Waals surface area contributed by atoms with Gasteiger partial charge in [0.05, 0.1) is 11.5 Å². The summed E-state index contributed by atoms with van der Waals surface area (Å²) in [5.41, 5.74) is 2.60. The van der Waals surface area contributed by atoms with E-state index < -0.39 is 53.8 Å². The summed E-state index contributed by atoms with van der Waals surface area (Å²) in [6, 6.07) is 16.5. The number of piperidine rings is 1. The number of hydrogen-bond donors (Lipinski definition) is 4. The predicted octanol–water partition coefficient (Wildman–Crippen LogP) is 2.67. The molecule has 2 bridgehead atoms. The largest absolute Gasteiger partial charge is 0.484 e. The van der Waals surface area contributed by atoms with Crippen molar-refractivity contribution in [3.63, 3.8) is 0 Å². The molecule has 0 saturated carbocycles. The van der Waals surface area contributed by atoms with Crippen LogP contribution in [-0.4, -0.2) is 102 Å². The van der Waals surface area contributed by atoms with E-state index in [1.807, 2.05) is 66.4 Å². The number of thiophene rings is 1. The van der Waals surface area contributed by atoms with Crippen LogP contribution >= 0.6 is 11.3 Å². The van der Waals surface area contributed by atoms with Gasteiger partial charge in [0.25, 0.3) is 11.8 Å². The van der Waals surface area contributed by atoms with Crippen LogP contribution in [0.3, 0.4) is 0 Å². The zero-order valence-corrected chi connectivity index (χ0v) is 29.8.